The maximum atomic E-state index is 12.6. The number of ether oxygens (including phenoxy) is 1. The summed E-state index contributed by atoms with van der Waals surface area (Å²) >= 11 is 0. The third-order valence-corrected chi connectivity index (χ3v) is 4.07. The Balaban J connectivity index is 5.21. The van der Waals surface area contributed by atoms with Crippen molar-refractivity contribution in [3.05, 3.63) is 12.2 Å². The van der Waals surface area contributed by atoms with Gasteiger partial charge in [-0.2, -0.15) is 0 Å². The Hall–Kier alpha value is -1.52. The normalized spacial score (nSPS) is 17.6. The van der Waals surface area contributed by atoms with Crippen LogP contribution in [0.2, 0.25) is 0 Å². The molecule has 0 radical (unpaired) electrons. The van der Waals surface area contributed by atoms with E-state index in [4.69, 9.17) is 9.84 Å². The van der Waals surface area contributed by atoms with Gasteiger partial charge in [0.2, 0.25) is 5.91 Å². The summed E-state index contributed by atoms with van der Waals surface area (Å²) < 4.78 is 5.03. The topological polar surface area (TPSA) is 148 Å². The van der Waals surface area contributed by atoms with Gasteiger partial charge in [0.1, 0.15) is 24.4 Å². The van der Waals surface area contributed by atoms with Gasteiger partial charge in [-0.1, -0.05) is 46.8 Å². The smallest absolute Gasteiger partial charge is 0.252 e. The summed E-state index contributed by atoms with van der Waals surface area (Å²) in [5.41, 5.74) is -0.240. The molecule has 0 saturated heterocycles. The predicted octanol–water partition coefficient (Wildman–Crippen LogP) is -0.674. The monoisotopic (exact) mass is 418 g/mol. The number of aliphatic hydroxyl groups is 4. The molecule has 0 aliphatic heterocycles. The number of carbonyl (C=O) groups is 2. The molecule has 5 atom stereocenters. The van der Waals surface area contributed by atoms with Crippen LogP contribution in [-0.2, 0) is 14.3 Å². The van der Waals surface area contributed by atoms with Gasteiger partial charge in [-0.15, -0.1) is 0 Å². The van der Waals surface area contributed by atoms with Gasteiger partial charge in [0.05, 0.1) is 6.61 Å². The van der Waals surface area contributed by atoms with E-state index in [2.05, 4.69) is 10.6 Å². The molecule has 170 valence electrons. The fraction of sp³-hybridized carbons (Fsp3) is 0.800. The summed E-state index contributed by atoms with van der Waals surface area (Å²) in [5.74, 6) is -1.18. The molecule has 0 aromatic carbocycles. The third-order valence-electron chi connectivity index (χ3n) is 4.07. The molecule has 0 unspecified atom stereocenters. The van der Waals surface area contributed by atoms with Crippen LogP contribution in [0.15, 0.2) is 12.2 Å². The Bertz CT molecular complexity index is 531. The van der Waals surface area contributed by atoms with Gasteiger partial charge in [0.25, 0.3) is 5.91 Å². The zero-order chi connectivity index (χ0) is 22.8. The first-order valence-corrected chi connectivity index (χ1v) is 9.79. The maximum Gasteiger partial charge on any atom is 0.252 e. The van der Waals surface area contributed by atoms with Crippen LogP contribution in [0.4, 0.5) is 0 Å². The highest BCUT2D eigenvalue weighted by molar-refractivity contribution is 5.89. The molecular weight excluding hydrogens is 380 g/mol. The molecule has 0 rings (SSSR count). The number of hydrogen-bond acceptors (Lipinski definition) is 7. The molecule has 2 amide bonds. The van der Waals surface area contributed by atoms with E-state index in [1.807, 2.05) is 34.6 Å². The number of amides is 2. The SMILES string of the molecule is CO[C@@H](C(=O)N[C@@H](CC(C)C)C(=O)NCCO)[C@H](O)[C@@H](O)[C@H](O)/C=C/C(C)(C)C. The van der Waals surface area contributed by atoms with Gasteiger partial charge < -0.3 is 35.8 Å². The van der Waals surface area contributed by atoms with Gasteiger partial charge in [0, 0.05) is 13.7 Å². The molecular formula is C20H38N2O7. The zero-order valence-electron chi connectivity index (χ0n) is 18.3. The Kier molecular flexibility index (Phi) is 12.2. The number of nitrogens with one attached hydrogen (secondary N) is 2. The standard InChI is InChI=1S/C20H38N2O7/c1-12(2)11-13(18(27)21-9-10-23)22-19(28)17(29-6)16(26)15(25)14(24)7-8-20(3,4)5/h7-8,12-17,23-26H,9-11H2,1-6H3,(H,21,27)(H,22,28)/b8-7+/t13-,14+,15-,16+,17+/m0/s1. The molecule has 0 fully saturated rings. The molecule has 0 aliphatic carbocycles. The first-order chi connectivity index (χ1) is 13.3. The Labute approximate surface area is 173 Å². The number of methoxy groups -OCH3 is 1. The number of carbonyl (C=O) groups excluding carboxylic acids is 2. The van der Waals surface area contributed by atoms with Crippen LogP contribution in [0.25, 0.3) is 0 Å². The summed E-state index contributed by atoms with van der Waals surface area (Å²) in [4.78, 5) is 24.8. The minimum atomic E-state index is -1.72. The second kappa shape index (κ2) is 12.9. The van der Waals surface area contributed by atoms with Crippen molar-refractivity contribution >= 4 is 11.8 Å². The molecule has 0 heterocycles. The van der Waals surface area contributed by atoms with Crippen LogP contribution >= 0.6 is 0 Å². The van der Waals surface area contributed by atoms with Crippen molar-refractivity contribution in [1.82, 2.24) is 10.6 Å². The Morgan fingerprint density at radius 2 is 1.66 bits per heavy atom. The van der Waals surface area contributed by atoms with Crippen LogP contribution < -0.4 is 10.6 Å². The van der Waals surface area contributed by atoms with E-state index in [9.17, 15) is 24.9 Å². The third kappa shape index (κ3) is 10.7. The van der Waals surface area contributed by atoms with E-state index in [0.717, 1.165) is 0 Å². The molecule has 9 heteroatoms. The molecule has 0 aliphatic rings. The largest absolute Gasteiger partial charge is 0.395 e. The van der Waals surface area contributed by atoms with Crippen molar-refractivity contribution in [2.75, 3.05) is 20.3 Å². The van der Waals surface area contributed by atoms with E-state index >= 15 is 0 Å². The molecule has 0 saturated carbocycles. The van der Waals surface area contributed by atoms with E-state index in [-0.39, 0.29) is 24.5 Å². The lowest BCUT2D eigenvalue weighted by atomic mass is 9.94. The highest BCUT2D eigenvalue weighted by Gasteiger charge is 2.36. The van der Waals surface area contributed by atoms with Gasteiger partial charge in [-0.3, -0.25) is 9.59 Å². The van der Waals surface area contributed by atoms with Crippen molar-refractivity contribution in [3.63, 3.8) is 0 Å². The summed E-state index contributed by atoms with van der Waals surface area (Å²) in [6.07, 6.45) is -2.94. The second-order valence-electron chi connectivity index (χ2n) is 8.56. The van der Waals surface area contributed by atoms with Crippen LogP contribution in [0, 0.1) is 11.3 Å². The van der Waals surface area contributed by atoms with Crippen LogP contribution in [0.3, 0.4) is 0 Å². The lowest BCUT2D eigenvalue weighted by Gasteiger charge is -2.29. The van der Waals surface area contributed by atoms with Gasteiger partial charge in [-0.25, -0.2) is 0 Å². The number of rotatable bonds is 12. The average molecular weight is 419 g/mol. The van der Waals surface area contributed by atoms with E-state index in [1.165, 1.54) is 13.2 Å². The van der Waals surface area contributed by atoms with Crippen molar-refractivity contribution in [1.29, 1.82) is 0 Å². The maximum absolute atomic E-state index is 12.6. The zero-order valence-corrected chi connectivity index (χ0v) is 18.3. The van der Waals surface area contributed by atoms with Gasteiger partial charge >= 0.3 is 0 Å². The quantitative estimate of drug-likeness (QED) is 0.230. The van der Waals surface area contributed by atoms with Crippen molar-refractivity contribution in [2.45, 2.75) is 71.5 Å². The summed E-state index contributed by atoms with van der Waals surface area (Å²) in [6.45, 7) is 9.28. The molecule has 0 bridgehead atoms. The van der Waals surface area contributed by atoms with E-state index < -0.39 is 42.3 Å². The first-order valence-electron chi connectivity index (χ1n) is 9.79. The number of aliphatic hydroxyl groups excluding tert-OH is 4. The molecule has 9 nitrogen and oxygen atoms in total. The fourth-order valence-electron chi connectivity index (χ4n) is 2.54. The van der Waals surface area contributed by atoms with Crippen LogP contribution in [-0.4, -0.2) is 83.0 Å². The highest BCUT2D eigenvalue weighted by atomic mass is 16.5. The molecule has 0 spiro atoms. The first kappa shape index (κ1) is 27.5. The summed E-state index contributed by atoms with van der Waals surface area (Å²) in [6, 6.07) is -0.901. The number of allylic oxidation sites excluding steroid dienone is 1. The van der Waals surface area contributed by atoms with Crippen LogP contribution in [0.1, 0.15) is 41.0 Å². The second-order valence-corrected chi connectivity index (χ2v) is 8.56. The average Bonchev–Trinajstić information content (AvgIpc) is 2.62. The molecule has 0 aromatic heterocycles. The summed E-state index contributed by atoms with van der Waals surface area (Å²) in [5, 5.41) is 44.5. The highest BCUT2D eigenvalue weighted by Crippen LogP contribution is 2.17. The van der Waals surface area contributed by atoms with Crippen LogP contribution in [0.5, 0.6) is 0 Å². The minimum Gasteiger partial charge on any atom is -0.395 e. The van der Waals surface area contributed by atoms with Gasteiger partial charge in [-0.05, 0) is 17.8 Å². The number of hydrogen-bond donors (Lipinski definition) is 6. The summed E-state index contributed by atoms with van der Waals surface area (Å²) in [7, 11) is 1.18. The Morgan fingerprint density at radius 1 is 1.07 bits per heavy atom. The van der Waals surface area contributed by atoms with Gasteiger partial charge in [0.15, 0.2) is 6.10 Å². The lowest BCUT2D eigenvalue weighted by Crippen LogP contribution is -2.56. The Morgan fingerprint density at radius 3 is 2.10 bits per heavy atom. The van der Waals surface area contributed by atoms with Crippen molar-refractivity contribution in [2.24, 2.45) is 11.3 Å². The predicted molar refractivity (Wildman–Crippen MR) is 109 cm³/mol. The van der Waals surface area contributed by atoms with Crippen molar-refractivity contribution in [3.8, 4) is 0 Å². The van der Waals surface area contributed by atoms with E-state index in [0.29, 0.717) is 6.42 Å². The molecule has 0 aromatic rings. The van der Waals surface area contributed by atoms with Crippen molar-refractivity contribution < 1.29 is 34.8 Å². The lowest BCUT2D eigenvalue weighted by molar-refractivity contribution is -0.151. The minimum absolute atomic E-state index is 0.0463. The molecule has 29 heavy (non-hydrogen) atoms. The van der Waals surface area contributed by atoms with E-state index in [1.54, 1.807) is 6.08 Å². The molecule has 6 N–H and O–H groups in total. The fourth-order valence-corrected chi connectivity index (χ4v) is 2.54.